The van der Waals surface area contributed by atoms with E-state index in [1.165, 1.54) is 11.1 Å². The largest absolute Gasteiger partial charge is 0.475 e. The summed E-state index contributed by atoms with van der Waals surface area (Å²) in [5, 5.41) is 26.0. The van der Waals surface area contributed by atoms with E-state index in [9.17, 15) is 19.6 Å². The number of hydrogen-bond acceptors (Lipinski definition) is 4. The maximum absolute atomic E-state index is 13.3. The highest BCUT2D eigenvalue weighted by Crippen LogP contribution is 2.27. The molecule has 3 aromatic rings. The van der Waals surface area contributed by atoms with E-state index >= 15 is 0 Å². The molecule has 4 rings (SSSR count). The highest BCUT2D eigenvalue weighted by molar-refractivity contribution is 6.43. The van der Waals surface area contributed by atoms with Gasteiger partial charge in [-0.15, -0.1) is 0 Å². The molecule has 186 valence electrons. The molecule has 2 unspecified atom stereocenters. The zero-order valence-electron chi connectivity index (χ0n) is 19.9. The number of aryl methyl sites for hydroxylation is 1. The smallest absolute Gasteiger partial charge is 0.426 e. The van der Waals surface area contributed by atoms with Crippen molar-refractivity contribution >= 4 is 30.5 Å². The Hall–Kier alpha value is -3.13. The number of amides is 2. The van der Waals surface area contributed by atoms with Crippen LogP contribution in [0.2, 0.25) is 5.02 Å². The van der Waals surface area contributed by atoms with Crippen LogP contribution in [0.15, 0.2) is 78.9 Å². The van der Waals surface area contributed by atoms with Crippen LogP contribution in [-0.4, -0.2) is 34.9 Å². The number of halogens is 1. The summed E-state index contributed by atoms with van der Waals surface area (Å²) in [6.07, 6.45) is 2.44. The normalized spacial score (nSPS) is 16.4. The molecule has 0 bridgehead atoms. The molecule has 0 radical (unpaired) electrons. The van der Waals surface area contributed by atoms with Gasteiger partial charge in [0.25, 0.3) is 0 Å². The first-order valence-electron chi connectivity index (χ1n) is 12.2. The van der Waals surface area contributed by atoms with Gasteiger partial charge in [0.1, 0.15) is 0 Å². The van der Waals surface area contributed by atoms with E-state index in [-0.39, 0.29) is 24.7 Å². The molecule has 0 aromatic heterocycles. The zero-order valence-corrected chi connectivity index (χ0v) is 20.7. The van der Waals surface area contributed by atoms with Crippen molar-refractivity contribution in [2.24, 2.45) is 5.92 Å². The second kappa shape index (κ2) is 12.2. The lowest BCUT2D eigenvalue weighted by molar-refractivity contribution is -0.127. The molecule has 0 saturated carbocycles. The van der Waals surface area contributed by atoms with Crippen molar-refractivity contribution in [3.63, 3.8) is 0 Å². The Bertz CT molecular complexity index is 1190. The molecule has 1 aliphatic carbocycles. The van der Waals surface area contributed by atoms with E-state index in [1.807, 2.05) is 48.5 Å². The highest BCUT2D eigenvalue weighted by atomic mass is 35.5. The number of hydrogen-bond donors (Lipinski definition) is 4. The van der Waals surface area contributed by atoms with Gasteiger partial charge in [0.05, 0.1) is 18.4 Å². The Balaban J connectivity index is 1.46. The Morgan fingerprint density at radius 3 is 2.39 bits per heavy atom. The molecule has 0 fully saturated rings. The third-order valence-electron chi connectivity index (χ3n) is 6.68. The summed E-state index contributed by atoms with van der Waals surface area (Å²) in [4.78, 5) is 26.3. The first-order valence-corrected chi connectivity index (χ1v) is 12.6. The van der Waals surface area contributed by atoms with Gasteiger partial charge in [-0.05, 0) is 60.1 Å². The van der Waals surface area contributed by atoms with Gasteiger partial charge in [-0.3, -0.25) is 9.59 Å². The molecule has 0 aliphatic heterocycles. The summed E-state index contributed by atoms with van der Waals surface area (Å²) >= 11 is 6.20. The number of carbonyl (C=O) groups is 2. The van der Waals surface area contributed by atoms with E-state index in [0.717, 1.165) is 18.4 Å². The summed E-state index contributed by atoms with van der Waals surface area (Å²) < 4.78 is 0. The second-order valence-corrected chi connectivity index (χ2v) is 9.74. The minimum atomic E-state index is -1.73. The van der Waals surface area contributed by atoms with Crippen molar-refractivity contribution in [3.05, 3.63) is 106 Å². The second-order valence-electron chi connectivity index (χ2n) is 9.31. The quantitative estimate of drug-likeness (QED) is 0.336. The van der Waals surface area contributed by atoms with Crippen molar-refractivity contribution in [1.29, 1.82) is 0 Å². The minimum Gasteiger partial charge on any atom is -0.426 e. The van der Waals surface area contributed by atoms with Crippen LogP contribution >= 0.6 is 11.6 Å². The Morgan fingerprint density at radius 2 is 1.67 bits per heavy atom. The fourth-order valence-corrected chi connectivity index (χ4v) is 4.94. The van der Waals surface area contributed by atoms with Gasteiger partial charge in [0, 0.05) is 10.9 Å². The number of benzene rings is 3. The number of carbonyl (C=O) groups excluding carboxylic acids is 2. The van der Waals surface area contributed by atoms with Crippen LogP contribution in [0.3, 0.4) is 0 Å². The van der Waals surface area contributed by atoms with Crippen LogP contribution in [-0.2, 0) is 28.9 Å². The Labute approximate surface area is 216 Å². The average Bonchev–Trinajstić information content (AvgIpc) is 2.88. The molecule has 0 saturated heterocycles. The molecule has 0 heterocycles. The Kier molecular flexibility index (Phi) is 8.81. The predicted molar refractivity (Wildman–Crippen MR) is 141 cm³/mol. The van der Waals surface area contributed by atoms with Crippen LogP contribution in [0.5, 0.6) is 0 Å². The van der Waals surface area contributed by atoms with Crippen molar-refractivity contribution in [1.82, 2.24) is 10.6 Å². The molecule has 6 nitrogen and oxygen atoms in total. The molecule has 36 heavy (non-hydrogen) atoms. The van der Waals surface area contributed by atoms with Crippen LogP contribution in [0.25, 0.3) is 0 Å². The molecule has 4 N–H and O–H groups in total. The predicted octanol–water partition coefficient (Wildman–Crippen LogP) is 3.43. The minimum absolute atomic E-state index is 0.0621. The van der Waals surface area contributed by atoms with Gasteiger partial charge >= 0.3 is 7.12 Å². The SMILES string of the molecule is O=C(CC(NC(=O)C1CCc2ccccc2C1)c1cccc(Cl)c1)N[C@@H](Cc1ccccc1)B(O)O. The molecule has 2 amide bonds. The molecule has 3 aromatic carbocycles. The molecule has 3 atom stereocenters. The lowest BCUT2D eigenvalue weighted by Gasteiger charge is -2.27. The first kappa shape index (κ1) is 26.0. The van der Waals surface area contributed by atoms with Crippen LogP contribution in [0.1, 0.15) is 41.1 Å². The van der Waals surface area contributed by atoms with Crippen molar-refractivity contribution in [2.75, 3.05) is 0 Å². The molecule has 1 aliphatic rings. The molecular formula is C28H30BClN2O4. The van der Waals surface area contributed by atoms with E-state index in [4.69, 9.17) is 11.6 Å². The van der Waals surface area contributed by atoms with Crippen LogP contribution in [0.4, 0.5) is 0 Å². The number of fused-ring (bicyclic) bond motifs is 1. The van der Waals surface area contributed by atoms with Crippen molar-refractivity contribution in [3.8, 4) is 0 Å². The summed E-state index contributed by atoms with van der Waals surface area (Å²) in [6, 6.07) is 23.9. The molecule has 8 heteroatoms. The van der Waals surface area contributed by atoms with Crippen molar-refractivity contribution < 1.29 is 19.6 Å². The van der Waals surface area contributed by atoms with Gasteiger partial charge in [0.15, 0.2) is 0 Å². The topological polar surface area (TPSA) is 98.7 Å². The van der Waals surface area contributed by atoms with Crippen LogP contribution < -0.4 is 10.6 Å². The summed E-state index contributed by atoms with van der Waals surface area (Å²) in [6.45, 7) is 0. The zero-order chi connectivity index (χ0) is 25.5. The van der Waals surface area contributed by atoms with Crippen LogP contribution in [0, 0.1) is 5.92 Å². The lowest BCUT2D eigenvalue weighted by Crippen LogP contribution is -2.49. The van der Waals surface area contributed by atoms with Gasteiger partial charge in [-0.2, -0.15) is 0 Å². The lowest BCUT2D eigenvalue weighted by atomic mass is 9.76. The standard InChI is InChI=1S/C28H30BClN2O4/c30-24-12-6-11-22(17-24)25(31-28(34)23-14-13-20-9-4-5-10-21(20)16-23)18-27(33)32-26(29(35)36)15-19-7-2-1-3-8-19/h1-12,17,23,25-26,35-36H,13-16,18H2,(H,31,34)(H,32,33)/t23?,25?,26-/m0/s1. The molecule has 0 spiro atoms. The van der Waals surface area contributed by atoms with E-state index in [2.05, 4.69) is 22.8 Å². The summed E-state index contributed by atoms with van der Waals surface area (Å²) in [7, 11) is -1.73. The van der Waals surface area contributed by atoms with Gasteiger partial charge < -0.3 is 20.7 Å². The summed E-state index contributed by atoms with van der Waals surface area (Å²) in [5.74, 6) is -1.58. The Morgan fingerprint density at radius 1 is 0.944 bits per heavy atom. The molecular weight excluding hydrogens is 475 g/mol. The first-order chi connectivity index (χ1) is 17.4. The monoisotopic (exact) mass is 504 g/mol. The van der Waals surface area contributed by atoms with Crippen molar-refractivity contribution in [2.45, 2.75) is 44.1 Å². The van der Waals surface area contributed by atoms with E-state index in [1.54, 1.807) is 18.2 Å². The fourth-order valence-electron chi connectivity index (χ4n) is 4.74. The maximum atomic E-state index is 13.3. The van der Waals surface area contributed by atoms with Gasteiger partial charge in [-0.1, -0.05) is 78.3 Å². The van der Waals surface area contributed by atoms with E-state index < -0.39 is 25.0 Å². The average molecular weight is 505 g/mol. The highest BCUT2D eigenvalue weighted by Gasteiger charge is 2.30. The third kappa shape index (κ3) is 6.97. The maximum Gasteiger partial charge on any atom is 0.475 e. The summed E-state index contributed by atoms with van der Waals surface area (Å²) in [5.41, 5.74) is 4.04. The fraction of sp³-hybridized carbons (Fsp3) is 0.286. The van der Waals surface area contributed by atoms with E-state index in [0.29, 0.717) is 17.0 Å². The van der Waals surface area contributed by atoms with Gasteiger partial charge in [-0.25, -0.2) is 0 Å². The van der Waals surface area contributed by atoms with Gasteiger partial charge in [0.2, 0.25) is 11.8 Å². The third-order valence-corrected chi connectivity index (χ3v) is 6.91. The number of rotatable bonds is 9. The number of nitrogens with one attached hydrogen (secondary N) is 2.